The van der Waals surface area contributed by atoms with Crippen molar-refractivity contribution in [2.24, 2.45) is 0 Å². The van der Waals surface area contributed by atoms with Crippen LogP contribution in [0.2, 0.25) is 0 Å². The Bertz CT molecular complexity index is 757. The molecule has 29 heavy (non-hydrogen) atoms. The highest BCUT2D eigenvalue weighted by Crippen LogP contribution is 2.54. The molecule has 1 aliphatic carbocycles. The summed E-state index contributed by atoms with van der Waals surface area (Å²) >= 11 is 0. The zero-order chi connectivity index (χ0) is 20.7. The quantitative estimate of drug-likeness (QED) is 0.252. The molecule has 0 saturated heterocycles. The molecule has 156 valence electrons. The van der Waals surface area contributed by atoms with Crippen molar-refractivity contribution in [3.8, 4) is 11.1 Å². The van der Waals surface area contributed by atoms with E-state index >= 15 is 0 Å². The minimum Gasteiger partial charge on any atom is -0.103 e. The largest absolute Gasteiger partial charge is 0.103 e. The summed E-state index contributed by atoms with van der Waals surface area (Å²) in [6.45, 7) is 10.8. The maximum atomic E-state index is 3.90. The first-order valence-corrected chi connectivity index (χ1v) is 12.1. The highest BCUT2D eigenvalue weighted by molar-refractivity contribution is 5.81. The second-order valence-corrected chi connectivity index (χ2v) is 8.89. The Kier molecular flexibility index (Phi) is 7.76. The van der Waals surface area contributed by atoms with Gasteiger partial charge in [-0.05, 0) is 71.9 Å². The van der Waals surface area contributed by atoms with E-state index in [1.165, 1.54) is 73.6 Å². The lowest BCUT2D eigenvalue weighted by Gasteiger charge is -2.33. The lowest BCUT2D eigenvalue weighted by molar-refractivity contribution is 0.403. The third-order valence-electron chi connectivity index (χ3n) is 7.02. The molecule has 0 nitrogen and oxygen atoms in total. The summed E-state index contributed by atoms with van der Waals surface area (Å²) in [5.74, 6) is 0. The van der Waals surface area contributed by atoms with Crippen molar-refractivity contribution in [1.82, 2.24) is 0 Å². The van der Waals surface area contributed by atoms with Crippen LogP contribution in [0.15, 0.2) is 49.1 Å². The predicted molar refractivity (Wildman–Crippen MR) is 129 cm³/mol. The molecule has 0 radical (unpaired) electrons. The number of rotatable bonds is 12. The first-order valence-electron chi connectivity index (χ1n) is 12.1. The van der Waals surface area contributed by atoms with Crippen molar-refractivity contribution < 1.29 is 0 Å². The van der Waals surface area contributed by atoms with Crippen molar-refractivity contribution in [1.29, 1.82) is 0 Å². The Morgan fingerprint density at radius 2 is 1.28 bits per heavy atom. The summed E-state index contributed by atoms with van der Waals surface area (Å²) in [5, 5.41) is 0. The molecule has 3 rings (SSSR count). The summed E-state index contributed by atoms with van der Waals surface area (Å²) in [6.07, 6.45) is 15.9. The highest BCUT2D eigenvalue weighted by atomic mass is 14.4. The van der Waals surface area contributed by atoms with Crippen LogP contribution in [-0.2, 0) is 18.3 Å². The smallest absolute Gasteiger partial charge is 0.0215 e. The van der Waals surface area contributed by atoms with E-state index in [9.17, 15) is 0 Å². The maximum Gasteiger partial charge on any atom is 0.0215 e. The molecule has 0 amide bonds. The van der Waals surface area contributed by atoms with Crippen LogP contribution in [0.1, 0.15) is 101 Å². The Morgan fingerprint density at radius 1 is 0.724 bits per heavy atom. The van der Waals surface area contributed by atoms with Gasteiger partial charge in [-0.1, -0.05) is 95.3 Å². The third-order valence-corrected chi connectivity index (χ3v) is 7.02. The zero-order valence-electron chi connectivity index (χ0n) is 19.0. The van der Waals surface area contributed by atoms with Crippen LogP contribution in [0.5, 0.6) is 0 Å². The van der Waals surface area contributed by atoms with E-state index < -0.39 is 0 Å². The van der Waals surface area contributed by atoms with Gasteiger partial charge in [0.25, 0.3) is 0 Å². The van der Waals surface area contributed by atoms with Crippen LogP contribution in [0, 0.1) is 0 Å². The van der Waals surface area contributed by atoms with Crippen LogP contribution >= 0.6 is 0 Å². The first kappa shape index (κ1) is 21.9. The molecule has 2 aromatic rings. The van der Waals surface area contributed by atoms with Crippen molar-refractivity contribution in [2.45, 2.75) is 96.8 Å². The van der Waals surface area contributed by atoms with E-state index in [2.05, 4.69) is 69.8 Å². The SMILES string of the molecule is C=CCCCCCC1(CCCCC)c2cc(CC)ccc2-c2ccc(CC)cc21. The number of benzene rings is 2. The molecular weight excluding hydrogens is 348 g/mol. The average molecular weight is 389 g/mol. The standard InChI is InChI=1S/C29H40/c1-5-9-11-12-14-20-29(19-13-10-6-2)27-21-23(7-3)15-17-25(27)26-18-16-24(8-4)22-28(26)29/h5,15-18,21-22H,1,6-14,19-20H2,2-4H3. The molecular formula is C29H40. The number of fused-ring (bicyclic) bond motifs is 3. The first-order chi connectivity index (χ1) is 14.2. The Hall–Kier alpha value is -1.82. The van der Waals surface area contributed by atoms with Crippen LogP contribution in [0.25, 0.3) is 11.1 Å². The second kappa shape index (κ2) is 10.3. The molecule has 0 bridgehead atoms. The van der Waals surface area contributed by atoms with E-state index in [1.807, 2.05) is 0 Å². The van der Waals surface area contributed by atoms with Gasteiger partial charge in [-0.25, -0.2) is 0 Å². The molecule has 0 unspecified atom stereocenters. The fraction of sp³-hybridized carbons (Fsp3) is 0.517. The van der Waals surface area contributed by atoms with Gasteiger partial charge in [-0.3, -0.25) is 0 Å². The number of unbranched alkanes of at least 4 members (excludes halogenated alkanes) is 5. The van der Waals surface area contributed by atoms with Crippen molar-refractivity contribution in [3.05, 3.63) is 71.3 Å². The van der Waals surface area contributed by atoms with E-state index in [0.29, 0.717) is 0 Å². The second-order valence-electron chi connectivity index (χ2n) is 8.89. The van der Waals surface area contributed by atoms with E-state index in [0.717, 1.165) is 19.3 Å². The Balaban J connectivity index is 2.06. The monoisotopic (exact) mass is 388 g/mol. The van der Waals surface area contributed by atoms with E-state index in [1.54, 1.807) is 11.1 Å². The molecule has 0 saturated carbocycles. The topological polar surface area (TPSA) is 0 Å². The lowest BCUT2D eigenvalue weighted by Crippen LogP contribution is -2.26. The normalized spacial score (nSPS) is 13.9. The van der Waals surface area contributed by atoms with Gasteiger partial charge in [0.15, 0.2) is 0 Å². The van der Waals surface area contributed by atoms with Gasteiger partial charge in [0.2, 0.25) is 0 Å². The van der Waals surface area contributed by atoms with Gasteiger partial charge in [0.05, 0.1) is 0 Å². The van der Waals surface area contributed by atoms with E-state index in [4.69, 9.17) is 0 Å². The summed E-state index contributed by atoms with van der Waals surface area (Å²) in [5.41, 5.74) is 9.44. The van der Waals surface area contributed by atoms with Crippen LogP contribution in [0.3, 0.4) is 0 Å². The summed E-state index contributed by atoms with van der Waals surface area (Å²) in [7, 11) is 0. The van der Waals surface area contributed by atoms with Crippen molar-refractivity contribution >= 4 is 0 Å². The summed E-state index contributed by atoms with van der Waals surface area (Å²) in [4.78, 5) is 0. The molecule has 1 aliphatic rings. The number of aryl methyl sites for hydroxylation is 2. The van der Waals surface area contributed by atoms with Gasteiger partial charge >= 0.3 is 0 Å². The molecule has 0 aliphatic heterocycles. The Labute approximate surface area is 179 Å². The van der Waals surface area contributed by atoms with Gasteiger partial charge in [0, 0.05) is 5.41 Å². The van der Waals surface area contributed by atoms with Gasteiger partial charge in [-0.2, -0.15) is 0 Å². The van der Waals surface area contributed by atoms with Crippen LogP contribution in [0.4, 0.5) is 0 Å². The van der Waals surface area contributed by atoms with Gasteiger partial charge in [0.1, 0.15) is 0 Å². The summed E-state index contributed by atoms with van der Waals surface area (Å²) < 4.78 is 0. The van der Waals surface area contributed by atoms with Crippen molar-refractivity contribution in [2.75, 3.05) is 0 Å². The predicted octanol–water partition coefficient (Wildman–Crippen LogP) is 8.79. The molecule has 0 aromatic heterocycles. The molecule has 2 aromatic carbocycles. The van der Waals surface area contributed by atoms with E-state index in [-0.39, 0.29) is 5.41 Å². The van der Waals surface area contributed by atoms with Crippen LogP contribution in [-0.4, -0.2) is 0 Å². The third kappa shape index (κ3) is 4.52. The fourth-order valence-electron chi connectivity index (χ4n) is 5.26. The average Bonchev–Trinajstić information content (AvgIpc) is 3.02. The minimum atomic E-state index is 0.213. The van der Waals surface area contributed by atoms with Crippen LogP contribution < -0.4 is 0 Å². The molecule has 0 spiro atoms. The molecule has 0 atom stereocenters. The van der Waals surface area contributed by atoms with Gasteiger partial charge in [-0.15, -0.1) is 6.58 Å². The zero-order valence-corrected chi connectivity index (χ0v) is 19.0. The fourth-order valence-corrected chi connectivity index (χ4v) is 5.26. The molecule has 0 heterocycles. The number of hydrogen-bond donors (Lipinski definition) is 0. The Morgan fingerprint density at radius 3 is 1.76 bits per heavy atom. The number of allylic oxidation sites excluding steroid dienone is 1. The van der Waals surface area contributed by atoms with Crippen molar-refractivity contribution in [3.63, 3.8) is 0 Å². The molecule has 0 fully saturated rings. The van der Waals surface area contributed by atoms with Gasteiger partial charge < -0.3 is 0 Å². The minimum absolute atomic E-state index is 0.213. The molecule has 0 heteroatoms. The maximum absolute atomic E-state index is 3.90. The summed E-state index contributed by atoms with van der Waals surface area (Å²) in [6, 6.07) is 14.6. The molecule has 0 N–H and O–H groups in total. The number of hydrogen-bond acceptors (Lipinski definition) is 0. The lowest BCUT2D eigenvalue weighted by atomic mass is 9.70. The highest BCUT2D eigenvalue weighted by Gasteiger charge is 2.42.